The summed E-state index contributed by atoms with van der Waals surface area (Å²) in [5.41, 5.74) is 2.81. The van der Waals surface area contributed by atoms with Gasteiger partial charge in [0.15, 0.2) is 0 Å². The van der Waals surface area contributed by atoms with E-state index in [1.165, 1.54) is 17.8 Å². The normalized spacial score (nSPS) is 15.4. The van der Waals surface area contributed by atoms with Gasteiger partial charge in [0.2, 0.25) is 5.91 Å². The summed E-state index contributed by atoms with van der Waals surface area (Å²) < 4.78 is 5.29. The van der Waals surface area contributed by atoms with Gasteiger partial charge in [-0.25, -0.2) is 4.79 Å². The molecule has 2 aromatic rings. The van der Waals surface area contributed by atoms with E-state index in [0.717, 1.165) is 5.56 Å². The minimum absolute atomic E-state index is 0.0734. The Morgan fingerprint density at radius 1 is 1.19 bits per heavy atom. The summed E-state index contributed by atoms with van der Waals surface area (Å²) in [5.74, 6) is -1.20. The first-order chi connectivity index (χ1) is 15.5. The summed E-state index contributed by atoms with van der Waals surface area (Å²) in [4.78, 5) is 25.2. The van der Waals surface area contributed by atoms with E-state index in [0.29, 0.717) is 27.6 Å². The van der Waals surface area contributed by atoms with Crippen LogP contribution in [-0.4, -0.2) is 24.2 Å². The number of nitrogens with one attached hydrogen (secondary N) is 2. The maximum atomic E-state index is 12.8. The number of carbonyl (C=O) groups excluding carboxylic acids is 2. The summed E-state index contributed by atoms with van der Waals surface area (Å²) in [7, 11) is 0. The quantitative estimate of drug-likeness (QED) is 0.460. The molecule has 6 nitrogen and oxygen atoms in total. The highest BCUT2D eigenvalue weighted by Gasteiger charge is 2.35. The predicted octanol–water partition coefficient (Wildman–Crippen LogP) is 4.48. The number of thioether (sulfide) groups is 1. The largest absolute Gasteiger partial charge is 0.458 e. The smallest absolute Gasteiger partial charge is 0.337 e. The fraction of sp³-hybridized carbons (Fsp3) is 0.160. The van der Waals surface area contributed by atoms with Gasteiger partial charge in [-0.2, -0.15) is 5.26 Å². The fourth-order valence-corrected chi connectivity index (χ4v) is 4.24. The van der Waals surface area contributed by atoms with Crippen molar-refractivity contribution < 1.29 is 14.3 Å². The minimum Gasteiger partial charge on any atom is -0.458 e. The van der Waals surface area contributed by atoms with Gasteiger partial charge in [0.1, 0.15) is 6.61 Å². The Morgan fingerprint density at radius 3 is 2.47 bits per heavy atom. The summed E-state index contributed by atoms with van der Waals surface area (Å²) >= 11 is 1.22. The lowest BCUT2D eigenvalue weighted by Gasteiger charge is -2.29. The zero-order chi connectivity index (χ0) is 22.9. The highest BCUT2D eigenvalue weighted by molar-refractivity contribution is 8.03. The number of dihydropyridines is 1. The van der Waals surface area contributed by atoms with Gasteiger partial charge in [-0.05, 0) is 24.6 Å². The SMILES string of the molecule is C=CCOC(=O)C1=C(C)NC(SCC(=O)Nc2ccccc2)=C(C#N)[C@H]1c1ccccc1. The van der Waals surface area contributed by atoms with E-state index in [1.807, 2.05) is 48.5 Å². The third-order valence-electron chi connectivity index (χ3n) is 4.74. The van der Waals surface area contributed by atoms with Gasteiger partial charge in [0, 0.05) is 11.4 Å². The number of nitrogens with zero attached hydrogens (tertiary/aromatic N) is 1. The molecule has 0 aliphatic carbocycles. The molecule has 1 heterocycles. The number of allylic oxidation sites excluding steroid dienone is 2. The molecular formula is C25H23N3O3S. The number of rotatable bonds is 8. The molecule has 0 fully saturated rings. The maximum Gasteiger partial charge on any atom is 0.337 e. The average molecular weight is 446 g/mol. The molecule has 0 saturated heterocycles. The molecular weight excluding hydrogens is 422 g/mol. The molecule has 2 N–H and O–H groups in total. The van der Waals surface area contributed by atoms with E-state index in [4.69, 9.17) is 4.74 Å². The van der Waals surface area contributed by atoms with Crippen molar-refractivity contribution in [3.05, 3.63) is 101 Å². The van der Waals surface area contributed by atoms with Crippen LogP contribution in [0.2, 0.25) is 0 Å². The van der Waals surface area contributed by atoms with Crippen LogP contribution in [0.4, 0.5) is 5.69 Å². The molecule has 32 heavy (non-hydrogen) atoms. The first kappa shape index (κ1) is 22.9. The molecule has 2 aromatic carbocycles. The number of carbonyl (C=O) groups is 2. The van der Waals surface area contributed by atoms with Crippen LogP contribution in [0.1, 0.15) is 18.4 Å². The number of hydrogen-bond acceptors (Lipinski definition) is 6. The van der Waals surface area contributed by atoms with E-state index in [2.05, 4.69) is 23.3 Å². The van der Waals surface area contributed by atoms with Gasteiger partial charge in [-0.3, -0.25) is 4.79 Å². The Bertz CT molecular complexity index is 1100. The summed E-state index contributed by atoms with van der Waals surface area (Å²) in [6.45, 7) is 5.41. The van der Waals surface area contributed by atoms with E-state index in [-0.39, 0.29) is 18.3 Å². The molecule has 1 aliphatic heterocycles. The predicted molar refractivity (Wildman–Crippen MR) is 126 cm³/mol. The maximum absolute atomic E-state index is 12.8. The van der Waals surface area contributed by atoms with E-state index >= 15 is 0 Å². The Hall–Kier alpha value is -3.76. The first-order valence-corrected chi connectivity index (χ1v) is 11.0. The van der Waals surface area contributed by atoms with Crippen molar-refractivity contribution in [2.45, 2.75) is 12.8 Å². The van der Waals surface area contributed by atoms with Gasteiger partial charge in [-0.1, -0.05) is 72.9 Å². The van der Waals surface area contributed by atoms with Crippen molar-refractivity contribution >= 4 is 29.3 Å². The third-order valence-corrected chi connectivity index (χ3v) is 5.75. The lowest BCUT2D eigenvalue weighted by Crippen LogP contribution is -2.29. The number of anilines is 1. The third kappa shape index (κ3) is 5.48. The standard InChI is InChI=1S/C25H23N3O3S/c1-3-14-31-25(30)22-17(2)27-24(20(15-26)23(22)18-10-6-4-7-11-18)32-16-21(29)28-19-12-8-5-9-13-19/h3-13,23,27H,1,14,16H2,2H3,(H,28,29)/t23-/m1/s1. The summed E-state index contributed by atoms with van der Waals surface area (Å²) in [6.07, 6.45) is 1.50. The second-order valence-electron chi connectivity index (χ2n) is 6.95. The molecule has 1 aliphatic rings. The van der Waals surface area contributed by atoms with Crippen LogP contribution in [0.5, 0.6) is 0 Å². The number of amides is 1. The highest BCUT2D eigenvalue weighted by atomic mass is 32.2. The fourth-order valence-electron chi connectivity index (χ4n) is 3.34. The van der Waals surface area contributed by atoms with E-state index < -0.39 is 11.9 Å². The van der Waals surface area contributed by atoms with Crippen molar-refractivity contribution in [1.29, 1.82) is 5.26 Å². The molecule has 162 valence electrons. The van der Waals surface area contributed by atoms with E-state index in [9.17, 15) is 14.9 Å². The van der Waals surface area contributed by atoms with Crippen LogP contribution in [0, 0.1) is 11.3 Å². The van der Waals surface area contributed by atoms with Crippen molar-refractivity contribution in [2.24, 2.45) is 0 Å². The Morgan fingerprint density at radius 2 is 1.84 bits per heavy atom. The molecule has 0 bridgehead atoms. The van der Waals surface area contributed by atoms with Crippen LogP contribution in [0.15, 0.2) is 95.2 Å². The Kier molecular flexibility index (Phi) is 7.90. The van der Waals surface area contributed by atoms with Crippen molar-refractivity contribution in [1.82, 2.24) is 5.32 Å². The average Bonchev–Trinajstić information content (AvgIpc) is 2.81. The van der Waals surface area contributed by atoms with Crippen molar-refractivity contribution in [3.8, 4) is 6.07 Å². The zero-order valence-electron chi connectivity index (χ0n) is 17.6. The number of esters is 1. The van der Waals surface area contributed by atoms with Crippen molar-refractivity contribution in [3.63, 3.8) is 0 Å². The number of para-hydroxylation sites is 1. The molecule has 7 heteroatoms. The van der Waals surface area contributed by atoms with Crippen LogP contribution >= 0.6 is 11.8 Å². The van der Waals surface area contributed by atoms with E-state index in [1.54, 1.807) is 19.1 Å². The number of benzene rings is 2. The number of nitriles is 1. The molecule has 0 saturated carbocycles. The monoisotopic (exact) mass is 445 g/mol. The minimum atomic E-state index is -0.598. The molecule has 0 unspecified atom stereocenters. The molecule has 0 aromatic heterocycles. The molecule has 1 atom stereocenters. The van der Waals surface area contributed by atoms with Gasteiger partial charge >= 0.3 is 5.97 Å². The molecule has 1 amide bonds. The highest BCUT2D eigenvalue weighted by Crippen LogP contribution is 2.40. The lowest BCUT2D eigenvalue weighted by molar-refractivity contribution is -0.138. The molecule has 0 spiro atoms. The topological polar surface area (TPSA) is 91.2 Å². The Labute approximate surface area is 191 Å². The second kappa shape index (κ2) is 11.0. The second-order valence-corrected chi connectivity index (χ2v) is 7.94. The van der Waals surface area contributed by atoms with Crippen LogP contribution in [0.25, 0.3) is 0 Å². The van der Waals surface area contributed by atoms with Crippen molar-refractivity contribution in [2.75, 3.05) is 17.7 Å². The van der Waals surface area contributed by atoms with Crippen LogP contribution < -0.4 is 10.6 Å². The van der Waals surface area contributed by atoms with Gasteiger partial charge < -0.3 is 15.4 Å². The molecule has 0 radical (unpaired) electrons. The molecule has 3 rings (SSSR count). The Balaban J connectivity index is 1.88. The number of ether oxygens (including phenoxy) is 1. The number of hydrogen-bond donors (Lipinski definition) is 2. The summed E-state index contributed by atoms with van der Waals surface area (Å²) in [6, 6.07) is 20.7. The zero-order valence-corrected chi connectivity index (χ0v) is 18.4. The van der Waals surface area contributed by atoms with Gasteiger partial charge in [0.05, 0.1) is 33.9 Å². The van der Waals surface area contributed by atoms with Gasteiger partial charge in [0.25, 0.3) is 0 Å². The first-order valence-electron chi connectivity index (χ1n) is 9.97. The lowest BCUT2D eigenvalue weighted by atomic mass is 9.82. The van der Waals surface area contributed by atoms with Crippen LogP contribution in [-0.2, 0) is 14.3 Å². The summed E-state index contributed by atoms with van der Waals surface area (Å²) in [5, 5.41) is 16.5. The van der Waals surface area contributed by atoms with Gasteiger partial charge in [-0.15, -0.1) is 0 Å². The van der Waals surface area contributed by atoms with Crippen LogP contribution in [0.3, 0.4) is 0 Å².